The molecular formula is C84H153NO18. The molecule has 0 radical (unpaired) electrons. The highest BCUT2D eigenvalue weighted by Gasteiger charge is 2.54. The van der Waals surface area contributed by atoms with Crippen LogP contribution in [0, 0.1) is 0 Å². The fraction of sp³-hybridized carbons (Fsp3) is 0.869. The summed E-state index contributed by atoms with van der Waals surface area (Å²) < 4.78 is 34.5. The second kappa shape index (κ2) is 64.3. The molecule has 3 saturated heterocycles. The third-order valence-electron chi connectivity index (χ3n) is 20.8. The molecule has 0 saturated carbocycles. The number of hydrogen-bond donors (Lipinski definition) is 12. The molecule has 0 aromatic carbocycles. The first-order chi connectivity index (χ1) is 50.3. The number of carbonyl (C=O) groups is 1. The van der Waals surface area contributed by atoms with Gasteiger partial charge in [-0.05, 0) is 70.6 Å². The van der Waals surface area contributed by atoms with Crippen LogP contribution in [0.15, 0.2) is 60.8 Å². The number of rotatable bonds is 67. The Labute approximate surface area is 624 Å². The lowest BCUT2D eigenvalue weighted by atomic mass is 9.96. The molecule has 17 unspecified atom stereocenters. The van der Waals surface area contributed by atoms with Crippen LogP contribution in [0.5, 0.6) is 0 Å². The molecule has 0 aliphatic carbocycles. The standard InChI is InChI=1S/C84H153NO18/c1-3-5-7-9-11-13-15-17-19-21-23-25-27-29-30-31-32-33-34-35-36-38-40-42-44-46-48-50-52-54-56-58-60-62-72(90)85-67(68(89)61-59-57-55-53-51-49-47-45-43-41-39-37-28-26-24-22-20-18-16-14-12-10-8-6-4-2)66-98-82-78(96)75(93)80(70(64-87)100-82)103-84-79(97)76(94)81(71(65-88)101-84)102-83-77(95)74(92)73(91)69(63-86)99-83/h15,17,21,23,27,29,51,53,59,61,67-71,73-84,86-89,91-97H,3-14,16,18-20,22,24-26,28,30-50,52,54-58,60,62-66H2,1-2H3,(H,85,90)/b17-15-,23-21-,29-27-,53-51+,61-59+. The predicted octanol–water partition coefficient (Wildman–Crippen LogP) is 14.6. The number of allylic oxidation sites excluding steroid dienone is 9. The van der Waals surface area contributed by atoms with E-state index >= 15 is 0 Å². The molecule has 3 aliphatic rings. The molecule has 0 aromatic rings. The van der Waals surface area contributed by atoms with Crippen molar-refractivity contribution in [1.29, 1.82) is 0 Å². The van der Waals surface area contributed by atoms with E-state index < -0.39 is 124 Å². The summed E-state index contributed by atoms with van der Waals surface area (Å²) in [7, 11) is 0. The van der Waals surface area contributed by atoms with Gasteiger partial charge in [-0.1, -0.05) is 319 Å². The Morgan fingerprint density at radius 1 is 0.350 bits per heavy atom. The summed E-state index contributed by atoms with van der Waals surface area (Å²) >= 11 is 0. The van der Waals surface area contributed by atoms with E-state index in [0.29, 0.717) is 12.8 Å². The first-order valence-corrected chi connectivity index (χ1v) is 42.0. The number of nitrogens with one attached hydrogen (secondary N) is 1. The number of unbranched alkanes of at least 4 members (excludes halogenated alkanes) is 43. The van der Waals surface area contributed by atoms with Crippen LogP contribution in [0.3, 0.4) is 0 Å². The van der Waals surface area contributed by atoms with Crippen LogP contribution in [0.1, 0.15) is 335 Å². The summed E-state index contributed by atoms with van der Waals surface area (Å²) in [6.07, 6.45) is 56.4. The van der Waals surface area contributed by atoms with Gasteiger partial charge < -0.3 is 89.9 Å². The van der Waals surface area contributed by atoms with E-state index in [2.05, 4.69) is 67.8 Å². The average molecular weight is 1470 g/mol. The maximum Gasteiger partial charge on any atom is 0.220 e. The lowest BCUT2D eigenvalue weighted by Crippen LogP contribution is -2.66. The fourth-order valence-corrected chi connectivity index (χ4v) is 14.0. The molecular weight excluding hydrogens is 1310 g/mol. The van der Waals surface area contributed by atoms with Gasteiger partial charge in [0.1, 0.15) is 73.2 Å². The van der Waals surface area contributed by atoms with E-state index in [1.807, 2.05) is 6.08 Å². The summed E-state index contributed by atoms with van der Waals surface area (Å²) in [5.74, 6) is -0.281. The molecule has 103 heavy (non-hydrogen) atoms. The molecule has 3 fully saturated rings. The van der Waals surface area contributed by atoms with E-state index in [-0.39, 0.29) is 18.9 Å². The van der Waals surface area contributed by atoms with Gasteiger partial charge in [0.05, 0.1) is 38.6 Å². The molecule has 0 aromatic heterocycles. The molecule has 17 atom stereocenters. The number of aliphatic hydroxyl groups is 11. The second-order valence-electron chi connectivity index (χ2n) is 29.9. The Morgan fingerprint density at radius 2 is 0.650 bits per heavy atom. The van der Waals surface area contributed by atoms with Crippen LogP contribution in [-0.2, 0) is 33.2 Å². The number of amides is 1. The smallest absolute Gasteiger partial charge is 0.220 e. The Balaban J connectivity index is 1.36. The van der Waals surface area contributed by atoms with Crippen LogP contribution in [0.25, 0.3) is 0 Å². The van der Waals surface area contributed by atoms with E-state index in [4.69, 9.17) is 28.4 Å². The summed E-state index contributed by atoms with van der Waals surface area (Å²) in [5, 5.41) is 121. The lowest BCUT2D eigenvalue weighted by Gasteiger charge is -2.48. The maximum absolute atomic E-state index is 13.5. The van der Waals surface area contributed by atoms with Gasteiger partial charge in [-0.25, -0.2) is 0 Å². The molecule has 0 spiro atoms. The van der Waals surface area contributed by atoms with E-state index in [1.165, 1.54) is 250 Å². The van der Waals surface area contributed by atoms with Crippen LogP contribution in [-0.4, -0.2) is 193 Å². The van der Waals surface area contributed by atoms with Gasteiger partial charge in [-0.3, -0.25) is 4.79 Å². The molecule has 3 aliphatic heterocycles. The lowest BCUT2D eigenvalue weighted by molar-refractivity contribution is -0.379. The minimum atomic E-state index is -1.98. The van der Waals surface area contributed by atoms with Crippen molar-refractivity contribution in [3.05, 3.63) is 60.8 Å². The SMILES string of the molecule is CCCCCCC/C=C\C/C=C\C/C=C\CCCCCCCCCCCCCCCCCCCCC(=O)NC(COC1OC(CO)C(OC2OC(CO)C(OC3OC(CO)C(O)C(O)C3O)C(O)C2O)C(O)C1O)C(O)/C=C/CC/C=C/CCCCCCCCCCCCCCCCCCCCC. The molecule has 602 valence electrons. The second-order valence-corrected chi connectivity index (χ2v) is 29.9. The third-order valence-corrected chi connectivity index (χ3v) is 20.8. The Kier molecular flexibility index (Phi) is 59.1. The fourth-order valence-electron chi connectivity index (χ4n) is 14.0. The number of carbonyl (C=O) groups excluding carboxylic acids is 1. The van der Waals surface area contributed by atoms with Gasteiger partial charge in [0.25, 0.3) is 0 Å². The van der Waals surface area contributed by atoms with Gasteiger partial charge >= 0.3 is 0 Å². The zero-order valence-electron chi connectivity index (χ0n) is 64.5. The van der Waals surface area contributed by atoms with E-state index in [1.54, 1.807) is 6.08 Å². The van der Waals surface area contributed by atoms with E-state index in [0.717, 1.165) is 51.4 Å². The molecule has 12 N–H and O–H groups in total. The molecule has 19 nitrogen and oxygen atoms in total. The summed E-state index contributed by atoms with van der Waals surface area (Å²) in [4.78, 5) is 13.5. The number of aliphatic hydroxyl groups excluding tert-OH is 11. The quantitative estimate of drug-likeness (QED) is 0.0199. The van der Waals surface area contributed by atoms with Crippen molar-refractivity contribution in [2.45, 2.75) is 439 Å². The zero-order chi connectivity index (χ0) is 74.6. The maximum atomic E-state index is 13.5. The van der Waals surface area contributed by atoms with Crippen molar-refractivity contribution < 1.29 is 89.4 Å². The number of ether oxygens (including phenoxy) is 6. The number of hydrogen-bond acceptors (Lipinski definition) is 18. The van der Waals surface area contributed by atoms with Crippen LogP contribution >= 0.6 is 0 Å². The normalized spacial score (nSPS) is 26.3. The minimum Gasteiger partial charge on any atom is -0.394 e. The topological polar surface area (TPSA) is 307 Å². The summed E-state index contributed by atoms with van der Waals surface area (Å²) in [6.45, 7) is 1.75. The predicted molar refractivity (Wildman–Crippen MR) is 411 cm³/mol. The highest BCUT2D eigenvalue weighted by atomic mass is 16.8. The van der Waals surface area contributed by atoms with Gasteiger partial charge in [0.15, 0.2) is 18.9 Å². The van der Waals surface area contributed by atoms with Crippen molar-refractivity contribution in [3.63, 3.8) is 0 Å². The van der Waals surface area contributed by atoms with Crippen LogP contribution in [0.4, 0.5) is 0 Å². The molecule has 0 bridgehead atoms. The Bertz CT molecular complexity index is 2090. The van der Waals surface area contributed by atoms with Gasteiger partial charge in [0, 0.05) is 6.42 Å². The van der Waals surface area contributed by atoms with Gasteiger partial charge in [-0.15, -0.1) is 0 Å². The van der Waals surface area contributed by atoms with Crippen molar-refractivity contribution in [1.82, 2.24) is 5.32 Å². The highest BCUT2D eigenvalue weighted by Crippen LogP contribution is 2.33. The summed E-state index contributed by atoms with van der Waals surface area (Å²) in [5.41, 5.74) is 0. The van der Waals surface area contributed by atoms with Crippen LogP contribution < -0.4 is 5.32 Å². The molecule has 3 heterocycles. The average Bonchev–Trinajstić information content (AvgIpc) is 0.781. The largest absolute Gasteiger partial charge is 0.394 e. The highest BCUT2D eigenvalue weighted by molar-refractivity contribution is 5.76. The zero-order valence-corrected chi connectivity index (χ0v) is 64.5. The third kappa shape index (κ3) is 44.1. The van der Waals surface area contributed by atoms with Crippen molar-refractivity contribution in [3.8, 4) is 0 Å². The van der Waals surface area contributed by atoms with E-state index in [9.17, 15) is 61.0 Å². The summed E-state index contributed by atoms with van der Waals surface area (Å²) in [6, 6.07) is -0.993. The Morgan fingerprint density at radius 3 is 1.04 bits per heavy atom. The minimum absolute atomic E-state index is 0.236. The monoisotopic (exact) mass is 1460 g/mol. The van der Waals surface area contributed by atoms with Gasteiger partial charge in [0.2, 0.25) is 5.91 Å². The first kappa shape index (κ1) is 94.7. The van der Waals surface area contributed by atoms with Crippen molar-refractivity contribution >= 4 is 5.91 Å². The molecule has 1 amide bonds. The molecule has 3 rings (SSSR count). The first-order valence-electron chi connectivity index (χ1n) is 42.0. The van der Waals surface area contributed by atoms with Crippen molar-refractivity contribution in [2.24, 2.45) is 0 Å². The van der Waals surface area contributed by atoms with Crippen LogP contribution in [0.2, 0.25) is 0 Å². The van der Waals surface area contributed by atoms with Crippen molar-refractivity contribution in [2.75, 3.05) is 26.4 Å². The van der Waals surface area contributed by atoms with Gasteiger partial charge in [-0.2, -0.15) is 0 Å². The Hall–Kier alpha value is -2.51. The molecule has 19 heteroatoms.